The topological polar surface area (TPSA) is 60.9 Å². The van der Waals surface area contributed by atoms with Gasteiger partial charge in [-0.15, -0.1) is 0 Å². The number of hydrogen-bond acceptors (Lipinski definition) is 4. The molecule has 0 unspecified atom stereocenters. The molecule has 0 aliphatic carbocycles. The van der Waals surface area contributed by atoms with E-state index in [1.807, 2.05) is 67.3 Å². The SMILES string of the molecule is Cc1ccc(C)c(N(Cc2ccc(C(=O)N3CCN(C/C=C/c4ccccc4)CC3)cc2)S(C)(=O)=O)c1. The van der Waals surface area contributed by atoms with Gasteiger partial charge in [0.2, 0.25) is 10.0 Å². The Kier molecular flexibility index (Phi) is 8.46. The van der Waals surface area contributed by atoms with Crippen LogP contribution in [0.25, 0.3) is 6.08 Å². The summed E-state index contributed by atoms with van der Waals surface area (Å²) in [6.07, 6.45) is 5.53. The average Bonchev–Trinajstić information content (AvgIpc) is 2.89. The van der Waals surface area contributed by atoms with Crippen molar-refractivity contribution in [2.75, 3.05) is 43.3 Å². The van der Waals surface area contributed by atoms with E-state index in [1.54, 1.807) is 12.1 Å². The van der Waals surface area contributed by atoms with Crippen LogP contribution in [0.3, 0.4) is 0 Å². The Balaban J connectivity index is 1.35. The second-order valence-corrected chi connectivity index (χ2v) is 11.6. The molecule has 1 saturated heterocycles. The predicted octanol–water partition coefficient (Wildman–Crippen LogP) is 4.74. The molecule has 0 atom stereocenters. The highest BCUT2D eigenvalue weighted by Gasteiger charge is 2.23. The molecule has 0 bridgehead atoms. The summed E-state index contributed by atoms with van der Waals surface area (Å²) in [7, 11) is -3.48. The third-order valence-corrected chi connectivity index (χ3v) is 7.82. The van der Waals surface area contributed by atoms with Crippen LogP contribution in [0, 0.1) is 13.8 Å². The number of anilines is 1. The van der Waals surface area contributed by atoms with Gasteiger partial charge in [0.05, 0.1) is 18.5 Å². The zero-order chi connectivity index (χ0) is 26.4. The van der Waals surface area contributed by atoms with Crippen LogP contribution in [0.15, 0.2) is 78.9 Å². The summed E-state index contributed by atoms with van der Waals surface area (Å²) in [5.74, 6) is 0.0144. The molecule has 0 spiro atoms. The minimum Gasteiger partial charge on any atom is -0.336 e. The molecule has 0 saturated carbocycles. The number of carbonyl (C=O) groups excluding carboxylic acids is 1. The maximum absolute atomic E-state index is 13.1. The maximum atomic E-state index is 13.1. The van der Waals surface area contributed by atoms with Gasteiger partial charge in [-0.3, -0.25) is 14.0 Å². The number of benzene rings is 3. The molecule has 37 heavy (non-hydrogen) atoms. The second kappa shape index (κ2) is 11.8. The molecule has 1 aliphatic heterocycles. The Bertz CT molecular complexity index is 1340. The number of aryl methyl sites for hydroxylation is 2. The highest BCUT2D eigenvalue weighted by atomic mass is 32.2. The maximum Gasteiger partial charge on any atom is 0.253 e. The highest BCUT2D eigenvalue weighted by molar-refractivity contribution is 7.92. The average molecular weight is 518 g/mol. The zero-order valence-electron chi connectivity index (χ0n) is 21.8. The molecule has 3 aromatic rings. The van der Waals surface area contributed by atoms with Crippen molar-refractivity contribution in [1.29, 1.82) is 0 Å². The Hall–Kier alpha value is -3.42. The number of sulfonamides is 1. The fourth-order valence-corrected chi connectivity index (χ4v) is 5.44. The number of amides is 1. The number of piperazine rings is 1. The van der Waals surface area contributed by atoms with Gasteiger partial charge in [0.15, 0.2) is 0 Å². The lowest BCUT2D eigenvalue weighted by molar-refractivity contribution is 0.0650. The van der Waals surface area contributed by atoms with E-state index in [1.165, 1.54) is 16.1 Å². The summed E-state index contributed by atoms with van der Waals surface area (Å²) in [5.41, 5.74) is 5.23. The van der Waals surface area contributed by atoms with E-state index >= 15 is 0 Å². The van der Waals surface area contributed by atoms with Crippen LogP contribution in [0.5, 0.6) is 0 Å². The van der Waals surface area contributed by atoms with E-state index in [4.69, 9.17) is 0 Å². The van der Waals surface area contributed by atoms with E-state index in [9.17, 15) is 13.2 Å². The van der Waals surface area contributed by atoms with Crippen LogP contribution in [0.1, 0.15) is 32.6 Å². The standard InChI is InChI=1S/C30H35N3O3S/c1-24-11-12-25(2)29(22-24)33(37(3,35)36)23-27-13-15-28(16-14-27)30(34)32-20-18-31(19-21-32)17-7-10-26-8-5-4-6-9-26/h4-16,22H,17-21,23H2,1-3H3/b10-7+. The molecule has 194 valence electrons. The van der Waals surface area contributed by atoms with Crippen molar-refractivity contribution in [3.63, 3.8) is 0 Å². The smallest absolute Gasteiger partial charge is 0.253 e. The van der Waals surface area contributed by atoms with Crippen molar-refractivity contribution < 1.29 is 13.2 Å². The summed E-state index contributed by atoms with van der Waals surface area (Å²) < 4.78 is 26.6. The molecule has 0 aromatic heterocycles. The van der Waals surface area contributed by atoms with E-state index in [0.29, 0.717) is 24.3 Å². The molecule has 3 aromatic carbocycles. The van der Waals surface area contributed by atoms with Gasteiger partial charge in [0.1, 0.15) is 0 Å². The fraction of sp³-hybridized carbons (Fsp3) is 0.300. The van der Waals surface area contributed by atoms with Crippen LogP contribution >= 0.6 is 0 Å². The first-order valence-electron chi connectivity index (χ1n) is 12.6. The Morgan fingerprint density at radius 2 is 1.59 bits per heavy atom. The van der Waals surface area contributed by atoms with E-state index < -0.39 is 10.0 Å². The van der Waals surface area contributed by atoms with E-state index in [2.05, 4.69) is 29.2 Å². The normalized spacial score (nSPS) is 14.7. The van der Waals surface area contributed by atoms with Crippen molar-refractivity contribution in [1.82, 2.24) is 9.80 Å². The lowest BCUT2D eigenvalue weighted by Crippen LogP contribution is -2.48. The van der Waals surface area contributed by atoms with Gasteiger partial charge in [0.25, 0.3) is 5.91 Å². The first kappa shape index (κ1) is 26.6. The van der Waals surface area contributed by atoms with Gasteiger partial charge >= 0.3 is 0 Å². The monoisotopic (exact) mass is 517 g/mol. The Labute approximate surface area is 220 Å². The van der Waals surface area contributed by atoms with Gasteiger partial charge in [-0.2, -0.15) is 0 Å². The molecular weight excluding hydrogens is 482 g/mol. The molecule has 0 N–H and O–H groups in total. The number of rotatable bonds is 8. The van der Waals surface area contributed by atoms with Crippen LogP contribution in [-0.4, -0.2) is 63.1 Å². The molecule has 1 aliphatic rings. The van der Waals surface area contributed by atoms with Crippen LogP contribution < -0.4 is 4.31 Å². The molecular formula is C30H35N3O3S. The number of hydrogen-bond donors (Lipinski definition) is 0. The molecule has 4 rings (SSSR count). The molecule has 1 amide bonds. The summed E-state index contributed by atoms with van der Waals surface area (Å²) >= 11 is 0. The highest BCUT2D eigenvalue weighted by Crippen LogP contribution is 2.26. The Morgan fingerprint density at radius 3 is 2.24 bits per heavy atom. The van der Waals surface area contributed by atoms with Gasteiger partial charge in [-0.25, -0.2) is 8.42 Å². The van der Waals surface area contributed by atoms with Gasteiger partial charge < -0.3 is 4.90 Å². The first-order valence-corrected chi connectivity index (χ1v) is 14.4. The van der Waals surface area contributed by atoms with E-state index in [0.717, 1.165) is 36.3 Å². The minimum atomic E-state index is -3.48. The molecule has 6 nitrogen and oxygen atoms in total. The number of carbonyl (C=O) groups is 1. The molecule has 1 fully saturated rings. The largest absolute Gasteiger partial charge is 0.336 e. The fourth-order valence-electron chi connectivity index (χ4n) is 4.51. The first-order chi connectivity index (χ1) is 17.7. The summed E-state index contributed by atoms with van der Waals surface area (Å²) in [6.45, 7) is 7.99. The van der Waals surface area contributed by atoms with Crippen LogP contribution in [0.2, 0.25) is 0 Å². The molecule has 0 radical (unpaired) electrons. The zero-order valence-corrected chi connectivity index (χ0v) is 22.6. The Morgan fingerprint density at radius 1 is 0.919 bits per heavy atom. The summed E-state index contributed by atoms with van der Waals surface area (Å²) in [5, 5.41) is 0. The summed E-state index contributed by atoms with van der Waals surface area (Å²) in [4.78, 5) is 17.3. The lowest BCUT2D eigenvalue weighted by Gasteiger charge is -2.34. The van der Waals surface area contributed by atoms with Crippen molar-refractivity contribution in [3.8, 4) is 0 Å². The minimum absolute atomic E-state index is 0.0144. The van der Waals surface area contributed by atoms with Crippen molar-refractivity contribution in [3.05, 3.63) is 107 Å². The molecule has 1 heterocycles. The van der Waals surface area contributed by atoms with Gasteiger partial charge in [-0.1, -0.05) is 66.7 Å². The van der Waals surface area contributed by atoms with Crippen molar-refractivity contribution in [2.45, 2.75) is 20.4 Å². The summed E-state index contributed by atoms with van der Waals surface area (Å²) in [6, 6.07) is 23.3. The lowest BCUT2D eigenvalue weighted by atomic mass is 10.1. The van der Waals surface area contributed by atoms with Crippen molar-refractivity contribution >= 4 is 27.7 Å². The molecule has 7 heteroatoms. The predicted molar refractivity (Wildman–Crippen MR) is 151 cm³/mol. The second-order valence-electron chi connectivity index (χ2n) is 9.66. The third kappa shape index (κ3) is 7.08. The van der Waals surface area contributed by atoms with E-state index in [-0.39, 0.29) is 12.5 Å². The van der Waals surface area contributed by atoms with Crippen molar-refractivity contribution in [2.24, 2.45) is 0 Å². The van der Waals surface area contributed by atoms with Gasteiger partial charge in [-0.05, 0) is 54.3 Å². The number of nitrogens with zero attached hydrogens (tertiary/aromatic N) is 3. The quantitative estimate of drug-likeness (QED) is 0.433. The van der Waals surface area contributed by atoms with Crippen LogP contribution in [-0.2, 0) is 16.6 Å². The van der Waals surface area contributed by atoms with Gasteiger partial charge in [0, 0.05) is 38.3 Å². The van der Waals surface area contributed by atoms with Crippen LogP contribution in [0.4, 0.5) is 5.69 Å². The third-order valence-electron chi connectivity index (χ3n) is 6.69.